The molecule has 0 fully saturated rings. The topological polar surface area (TPSA) is 75.4 Å². The van der Waals surface area contributed by atoms with Crippen molar-refractivity contribution in [2.75, 3.05) is 18.9 Å². The predicted molar refractivity (Wildman–Crippen MR) is 98.9 cm³/mol. The fourth-order valence-corrected chi connectivity index (χ4v) is 2.07. The van der Waals surface area contributed by atoms with Crippen molar-refractivity contribution in [1.82, 2.24) is 4.90 Å². The summed E-state index contributed by atoms with van der Waals surface area (Å²) in [5.41, 5.74) is 6.57. The number of hydrogen-bond acceptors (Lipinski definition) is 3. The third-order valence-electron chi connectivity index (χ3n) is 4.09. The van der Waals surface area contributed by atoms with E-state index >= 15 is 0 Å². The number of carbonyl (C=O) groups excluding carboxylic acids is 2. The van der Waals surface area contributed by atoms with E-state index in [0.29, 0.717) is 23.7 Å². The SMILES string of the molecule is CC(C)C(N)CCN(C)C(=O)c1ccccc1NC(=O)C(C)(C)C. The summed E-state index contributed by atoms with van der Waals surface area (Å²) >= 11 is 0. The lowest BCUT2D eigenvalue weighted by Crippen LogP contribution is -2.35. The molecule has 134 valence electrons. The number of rotatable bonds is 6. The van der Waals surface area contributed by atoms with Crippen LogP contribution in [0.25, 0.3) is 0 Å². The molecule has 1 unspecified atom stereocenters. The molecule has 0 aliphatic rings. The molecule has 0 saturated heterocycles. The Kier molecular flexibility index (Phi) is 6.96. The van der Waals surface area contributed by atoms with Gasteiger partial charge in [-0.15, -0.1) is 0 Å². The first-order valence-corrected chi connectivity index (χ1v) is 8.45. The van der Waals surface area contributed by atoms with E-state index in [-0.39, 0.29) is 17.9 Å². The molecule has 1 aromatic carbocycles. The van der Waals surface area contributed by atoms with Gasteiger partial charge in [0.05, 0.1) is 11.3 Å². The highest BCUT2D eigenvalue weighted by molar-refractivity contribution is 6.04. The highest BCUT2D eigenvalue weighted by Gasteiger charge is 2.24. The van der Waals surface area contributed by atoms with Crippen LogP contribution in [-0.2, 0) is 4.79 Å². The number of hydrogen-bond donors (Lipinski definition) is 2. The Labute approximate surface area is 145 Å². The van der Waals surface area contributed by atoms with E-state index in [4.69, 9.17) is 5.73 Å². The number of anilines is 1. The van der Waals surface area contributed by atoms with Gasteiger partial charge < -0.3 is 16.0 Å². The molecule has 0 bridgehead atoms. The van der Waals surface area contributed by atoms with Crippen LogP contribution in [0.1, 0.15) is 51.4 Å². The summed E-state index contributed by atoms with van der Waals surface area (Å²) in [5.74, 6) is 0.148. The number of amides is 2. The minimum Gasteiger partial charge on any atom is -0.342 e. The summed E-state index contributed by atoms with van der Waals surface area (Å²) in [6.07, 6.45) is 0.746. The molecule has 5 nitrogen and oxygen atoms in total. The maximum Gasteiger partial charge on any atom is 0.255 e. The van der Waals surface area contributed by atoms with Crippen LogP contribution in [0.15, 0.2) is 24.3 Å². The fraction of sp³-hybridized carbons (Fsp3) is 0.579. The minimum atomic E-state index is -0.522. The van der Waals surface area contributed by atoms with Crippen LogP contribution in [-0.4, -0.2) is 36.3 Å². The quantitative estimate of drug-likeness (QED) is 0.840. The lowest BCUT2D eigenvalue weighted by Gasteiger charge is -2.23. The van der Waals surface area contributed by atoms with Gasteiger partial charge in [0.1, 0.15) is 0 Å². The van der Waals surface area contributed by atoms with E-state index in [9.17, 15) is 9.59 Å². The Morgan fingerprint density at radius 2 is 1.79 bits per heavy atom. The van der Waals surface area contributed by atoms with Gasteiger partial charge in [-0.25, -0.2) is 0 Å². The van der Waals surface area contributed by atoms with Gasteiger partial charge >= 0.3 is 0 Å². The molecule has 0 aliphatic carbocycles. The number of benzene rings is 1. The number of nitrogens with zero attached hydrogens (tertiary/aromatic N) is 1. The van der Waals surface area contributed by atoms with Crippen molar-refractivity contribution < 1.29 is 9.59 Å². The van der Waals surface area contributed by atoms with Crippen LogP contribution in [0.4, 0.5) is 5.69 Å². The van der Waals surface area contributed by atoms with E-state index in [2.05, 4.69) is 19.2 Å². The lowest BCUT2D eigenvalue weighted by molar-refractivity contribution is -0.123. The second-order valence-corrected chi connectivity index (χ2v) is 7.67. The standard InChI is InChI=1S/C19H31N3O2/c1-13(2)15(20)11-12-22(6)17(23)14-9-7-8-10-16(14)21-18(24)19(3,4)5/h7-10,13,15H,11-12,20H2,1-6H3,(H,21,24). The number of nitrogens with one attached hydrogen (secondary N) is 1. The van der Waals surface area contributed by atoms with E-state index in [0.717, 1.165) is 6.42 Å². The first kappa shape index (κ1) is 20.2. The summed E-state index contributed by atoms with van der Waals surface area (Å²) in [5, 5.41) is 2.86. The van der Waals surface area contributed by atoms with Crippen LogP contribution >= 0.6 is 0 Å². The molecule has 0 spiro atoms. The van der Waals surface area contributed by atoms with E-state index in [1.54, 1.807) is 30.1 Å². The Bertz CT molecular complexity index is 576. The first-order valence-electron chi connectivity index (χ1n) is 8.45. The molecule has 5 heteroatoms. The van der Waals surface area contributed by atoms with E-state index < -0.39 is 5.41 Å². The summed E-state index contributed by atoms with van der Waals surface area (Å²) in [6, 6.07) is 7.16. The maximum absolute atomic E-state index is 12.7. The monoisotopic (exact) mass is 333 g/mol. The van der Waals surface area contributed by atoms with Crippen molar-refractivity contribution in [3.05, 3.63) is 29.8 Å². The second kappa shape index (κ2) is 8.29. The average Bonchev–Trinajstić information content (AvgIpc) is 2.50. The smallest absolute Gasteiger partial charge is 0.255 e. The Morgan fingerprint density at radius 1 is 1.21 bits per heavy atom. The summed E-state index contributed by atoms with van der Waals surface area (Å²) in [6.45, 7) is 10.2. The second-order valence-electron chi connectivity index (χ2n) is 7.67. The van der Waals surface area contributed by atoms with Crippen LogP contribution in [0, 0.1) is 11.3 Å². The highest BCUT2D eigenvalue weighted by atomic mass is 16.2. The summed E-state index contributed by atoms with van der Waals surface area (Å²) in [4.78, 5) is 26.6. The van der Waals surface area contributed by atoms with Crippen molar-refractivity contribution in [2.45, 2.75) is 47.1 Å². The molecule has 1 atom stereocenters. The van der Waals surface area contributed by atoms with Crippen molar-refractivity contribution >= 4 is 17.5 Å². The van der Waals surface area contributed by atoms with Gasteiger partial charge in [-0.3, -0.25) is 9.59 Å². The Hall–Kier alpha value is -1.88. The zero-order valence-corrected chi connectivity index (χ0v) is 15.7. The predicted octanol–water partition coefficient (Wildman–Crippen LogP) is 3.12. The zero-order chi connectivity index (χ0) is 18.5. The van der Waals surface area contributed by atoms with Gasteiger partial charge in [-0.2, -0.15) is 0 Å². The normalized spacial score (nSPS) is 12.8. The van der Waals surface area contributed by atoms with Crippen molar-refractivity contribution in [1.29, 1.82) is 0 Å². The van der Waals surface area contributed by atoms with Gasteiger partial charge in [0.2, 0.25) is 5.91 Å². The Morgan fingerprint density at radius 3 is 2.33 bits per heavy atom. The Balaban J connectivity index is 2.86. The molecule has 0 aliphatic heterocycles. The van der Waals surface area contributed by atoms with Gasteiger partial charge in [0.25, 0.3) is 5.91 Å². The molecule has 2 amide bonds. The van der Waals surface area contributed by atoms with Gasteiger partial charge in [0, 0.05) is 25.0 Å². The van der Waals surface area contributed by atoms with E-state index in [1.807, 2.05) is 26.8 Å². The lowest BCUT2D eigenvalue weighted by atomic mass is 9.95. The van der Waals surface area contributed by atoms with Crippen molar-refractivity contribution in [3.8, 4) is 0 Å². The number of carbonyl (C=O) groups is 2. The van der Waals surface area contributed by atoms with Gasteiger partial charge in [-0.1, -0.05) is 46.8 Å². The van der Waals surface area contributed by atoms with Crippen LogP contribution in [0.2, 0.25) is 0 Å². The summed E-state index contributed by atoms with van der Waals surface area (Å²) < 4.78 is 0. The number of para-hydroxylation sites is 1. The molecule has 24 heavy (non-hydrogen) atoms. The highest BCUT2D eigenvalue weighted by Crippen LogP contribution is 2.21. The molecular weight excluding hydrogens is 302 g/mol. The third kappa shape index (κ3) is 5.64. The summed E-state index contributed by atoms with van der Waals surface area (Å²) in [7, 11) is 1.76. The number of nitrogens with two attached hydrogens (primary N) is 1. The average molecular weight is 333 g/mol. The molecule has 1 aromatic rings. The van der Waals surface area contributed by atoms with Gasteiger partial charge in [-0.05, 0) is 24.5 Å². The van der Waals surface area contributed by atoms with Crippen LogP contribution in [0.5, 0.6) is 0 Å². The maximum atomic E-state index is 12.7. The first-order chi connectivity index (χ1) is 11.0. The van der Waals surface area contributed by atoms with E-state index in [1.165, 1.54) is 0 Å². The molecule has 1 rings (SSSR count). The zero-order valence-electron chi connectivity index (χ0n) is 15.7. The minimum absolute atomic E-state index is 0.0658. The fourth-order valence-electron chi connectivity index (χ4n) is 2.07. The van der Waals surface area contributed by atoms with Crippen LogP contribution < -0.4 is 11.1 Å². The third-order valence-corrected chi connectivity index (χ3v) is 4.09. The molecule has 0 aromatic heterocycles. The molecular formula is C19H31N3O2. The largest absolute Gasteiger partial charge is 0.342 e. The molecule has 3 N–H and O–H groups in total. The van der Waals surface area contributed by atoms with Crippen LogP contribution in [0.3, 0.4) is 0 Å². The molecule has 0 radical (unpaired) electrons. The molecule has 0 heterocycles. The van der Waals surface area contributed by atoms with Crippen molar-refractivity contribution in [3.63, 3.8) is 0 Å². The van der Waals surface area contributed by atoms with Gasteiger partial charge in [0.15, 0.2) is 0 Å². The van der Waals surface area contributed by atoms with Crippen molar-refractivity contribution in [2.24, 2.45) is 17.1 Å². The molecule has 0 saturated carbocycles.